The van der Waals surface area contributed by atoms with Gasteiger partial charge in [0.05, 0.1) is 0 Å². The quantitative estimate of drug-likeness (QED) is 0.734. The fourth-order valence-corrected chi connectivity index (χ4v) is 2.18. The molecule has 96 valence electrons. The molecule has 2 rings (SSSR count). The van der Waals surface area contributed by atoms with E-state index in [-0.39, 0.29) is 0 Å². The van der Waals surface area contributed by atoms with E-state index >= 15 is 0 Å². The Labute approximate surface area is 115 Å². The Morgan fingerprint density at radius 3 is 1.58 bits per heavy atom. The minimum atomic E-state index is 1.12. The van der Waals surface area contributed by atoms with Gasteiger partial charge in [-0.2, -0.15) is 0 Å². The monoisotopic (exact) mass is 249 g/mol. The highest BCUT2D eigenvalue weighted by molar-refractivity contribution is 5.83. The summed E-state index contributed by atoms with van der Waals surface area (Å²) in [7, 11) is 4.09. The highest BCUT2D eigenvalue weighted by Gasteiger charge is 2.10. The van der Waals surface area contributed by atoms with Gasteiger partial charge in [-0.1, -0.05) is 67.2 Å². The van der Waals surface area contributed by atoms with Crippen LogP contribution in [0.4, 0.5) is 0 Å². The maximum Gasteiger partial charge on any atom is 0.0440 e. The first-order valence-electron chi connectivity index (χ1n) is 6.39. The first-order chi connectivity index (χ1) is 9.24. The number of nitrogens with zero attached hydrogens (tertiary/aromatic N) is 1. The van der Waals surface area contributed by atoms with Crippen LogP contribution in [0.1, 0.15) is 11.1 Å². The second-order valence-electron chi connectivity index (χ2n) is 4.59. The highest BCUT2D eigenvalue weighted by Crippen LogP contribution is 2.28. The van der Waals surface area contributed by atoms with Crippen LogP contribution in [0.2, 0.25) is 0 Å². The maximum absolute atomic E-state index is 3.95. The average molecular weight is 249 g/mol. The van der Waals surface area contributed by atoms with Crippen LogP contribution < -0.4 is 0 Å². The van der Waals surface area contributed by atoms with Crippen molar-refractivity contribution in [1.29, 1.82) is 0 Å². The van der Waals surface area contributed by atoms with E-state index in [2.05, 4.69) is 60.0 Å². The van der Waals surface area contributed by atoms with E-state index in [1.165, 1.54) is 16.7 Å². The van der Waals surface area contributed by atoms with Crippen LogP contribution in [-0.4, -0.2) is 19.0 Å². The zero-order chi connectivity index (χ0) is 13.7. The van der Waals surface area contributed by atoms with Crippen LogP contribution in [-0.2, 0) is 0 Å². The van der Waals surface area contributed by atoms with Crippen LogP contribution >= 0.6 is 0 Å². The van der Waals surface area contributed by atoms with Crippen molar-refractivity contribution in [2.24, 2.45) is 0 Å². The summed E-state index contributed by atoms with van der Waals surface area (Å²) < 4.78 is 0. The highest BCUT2D eigenvalue weighted by atomic mass is 15.1. The lowest BCUT2D eigenvalue weighted by molar-refractivity contribution is 0.532. The third kappa shape index (κ3) is 2.94. The molecular weight excluding hydrogens is 230 g/mol. The molecule has 0 aliphatic rings. The van der Waals surface area contributed by atoms with Crippen LogP contribution in [0.25, 0.3) is 5.57 Å². The summed E-state index contributed by atoms with van der Waals surface area (Å²) in [5, 5.41) is 0. The largest absolute Gasteiger partial charge is 0.377 e. The lowest BCUT2D eigenvalue weighted by Crippen LogP contribution is -2.12. The summed E-state index contributed by atoms with van der Waals surface area (Å²) in [6.45, 7) is 3.95. The molecular formula is C18H19N. The van der Waals surface area contributed by atoms with E-state index in [1.54, 1.807) is 0 Å². The SMILES string of the molecule is C=CC(=C(c1ccccc1)c1ccccc1)N(C)C. The van der Waals surface area contributed by atoms with Gasteiger partial charge in [-0.05, 0) is 17.2 Å². The van der Waals surface area contributed by atoms with Gasteiger partial charge < -0.3 is 4.90 Å². The molecule has 0 spiro atoms. The van der Waals surface area contributed by atoms with Crippen LogP contribution in [0.5, 0.6) is 0 Å². The van der Waals surface area contributed by atoms with E-state index in [9.17, 15) is 0 Å². The second kappa shape index (κ2) is 6.05. The molecule has 0 saturated carbocycles. The maximum atomic E-state index is 3.95. The number of allylic oxidation sites excluding steroid dienone is 1. The van der Waals surface area contributed by atoms with Crippen LogP contribution in [0.3, 0.4) is 0 Å². The van der Waals surface area contributed by atoms with Gasteiger partial charge >= 0.3 is 0 Å². The van der Waals surface area contributed by atoms with Crippen molar-refractivity contribution in [3.05, 3.63) is 90.1 Å². The lowest BCUT2D eigenvalue weighted by Gasteiger charge is -2.20. The zero-order valence-electron chi connectivity index (χ0n) is 11.5. The lowest BCUT2D eigenvalue weighted by atomic mass is 9.95. The molecule has 0 atom stereocenters. The molecule has 0 radical (unpaired) electrons. The van der Waals surface area contributed by atoms with Crippen molar-refractivity contribution >= 4 is 5.57 Å². The van der Waals surface area contributed by atoms with Gasteiger partial charge in [0.25, 0.3) is 0 Å². The molecule has 2 aromatic rings. The number of likely N-dealkylation sites (N-methyl/N-ethyl adjacent to an activating group) is 1. The van der Waals surface area contributed by atoms with Gasteiger partial charge in [-0.3, -0.25) is 0 Å². The van der Waals surface area contributed by atoms with Crippen LogP contribution in [0.15, 0.2) is 79.0 Å². The summed E-state index contributed by atoms with van der Waals surface area (Å²) in [4.78, 5) is 2.10. The Balaban J connectivity index is 2.68. The molecule has 0 unspecified atom stereocenters. The first-order valence-corrected chi connectivity index (χ1v) is 6.39. The fourth-order valence-electron chi connectivity index (χ4n) is 2.18. The molecule has 0 N–H and O–H groups in total. The Bertz CT molecular complexity index is 524. The van der Waals surface area contributed by atoms with Crippen molar-refractivity contribution in [3.8, 4) is 0 Å². The molecule has 0 heterocycles. The summed E-state index contributed by atoms with van der Waals surface area (Å²) in [5.74, 6) is 0. The summed E-state index contributed by atoms with van der Waals surface area (Å²) in [5.41, 5.74) is 4.74. The molecule has 0 saturated heterocycles. The van der Waals surface area contributed by atoms with E-state index in [0.717, 1.165) is 5.70 Å². The van der Waals surface area contributed by atoms with Crippen molar-refractivity contribution < 1.29 is 0 Å². The second-order valence-corrected chi connectivity index (χ2v) is 4.59. The van der Waals surface area contributed by atoms with Crippen molar-refractivity contribution in [1.82, 2.24) is 4.90 Å². The smallest absolute Gasteiger partial charge is 0.0440 e. The van der Waals surface area contributed by atoms with Crippen molar-refractivity contribution in [3.63, 3.8) is 0 Å². The predicted octanol–water partition coefficient (Wildman–Crippen LogP) is 4.19. The average Bonchev–Trinajstić information content (AvgIpc) is 2.46. The minimum absolute atomic E-state index is 1.12. The number of benzene rings is 2. The minimum Gasteiger partial charge on any atom is -0.377 e. The molecule has 0 bridgehead atoms. The van der Waals surface area contributed by atoms with Gasteiger partial charge in [0.1, 0.15) is 0 Å². The third-order valence-electron chi connectivity index (χ3n) is 3.06. The van der Waals surface area contributed by atoms with Gasteiger partial charge in [-0.25, -0.2) is 0 Å². The van der Waals surface area contributed by atoms with E-state index in [4.69, 9.17) is 0 Å². The summed E-state index contributed by atoms with van der Waals surface area (Å²) in [6.07, 6.45) is 1.91. The van der Waals surface area contributed by atoms with Gasteiger partial charge in [0, 0.05) is 25.4 Å². The zero-order valence-corrected chi connectivity index (χ0v) is 11.5. The van der Waals surface area contributed by atoms with Crippen molar-refractivity contribution in [2.45, 2.75) is 0 Å². The molecule has 0 aliphatic heterocycles. The Kier molecular flexibility index (Phi) is 4.19. The van der Waals surface area contributed by atoms with Gasteiger partial charge in [-0.15, -0.1) is 0 Å². The van der Waals surface area contributed by atoms with E-state index < -0.39 is 0 Å². The summed E-state index contributed by atoms with van der Waals surface area (Å²) >= 11 is 0. The number of rotatable bonds is 4. The Morgan fingerprint density at radius 1 is 0.842 bits per heavy atom. The summed E-state index contributed by atoms with van der Waals surface area (Å²) in [6, 6.07) is 20.9. The van der Waals surface area contributed by atoms with Gasteiger partial charge in [0.15, 0.2) is 0 Å². The van der Waals surface area contributed by atoms with E-state index in [1.807, 2.05) is 32.3 Å². The number of hydrogen-bond donors (Lipinski definition) is 0. The Morgan fingerprint density at radius 2 is 1.26 bits per heavy atom. The van der Waals surface area contributed by atoms with E-state index in [0.29, 0.717) is 0 Å². The first kappa shape index (κ1) is 13.2. The molecule has 1 heteroatoms. The topological polar surface area (TPSA) is 3.24 Å². The molecule has 2 aromatic carbocycles. The fraction of sp³-hybridized carbons (Fsp3) is 0.111. The molecule has 0 fully saturated rings. The van der Waals surface area contributed by atoms with Gasteiger partial charge in [0.2, 0.25) is 0 Å². The third-order valence-corrected chi connectivity index (χ3v) is 3.06. The molecule has 0 amide bonds. The normalized spacial score (nSPS) is 9.79. The molecule has 0 aromatic heterocycles. The standard InChI is InChI=1S/C18H19N/c1-4-17(19(2)3)18(15-11-7-5-8-12-15)16-13-9-6-10-14-16/h4-14H,1H2,2-3H3. The molecule has 19 heavy (non-hydrogen) atoms. The Hall–Kier alpha value is -2.28. The molecule has 0 aliphatic carbocycles. The van der Waals surface area contributed by atoms with Crippen molar-refractivity contribution in [2.75, 3.05) is 14.1 Å². The molecule has 1 nitrogen and oxygen atoms in total. The number of hydrogen-bond acceptors (Lipinski definition) is 1. The predicted molar refractivity (Wildman–Crippen MR) is 82.8 cm³/mol. The van der Waals surface area contributed by atoms with Crippen LogP contribution in [0, 0.1) is 0 Å².